The Morgan fingerprint density at radius 2 is 2.04 bits per heavy atom. The van der Waals surface area contributed by atoms with Crippen LogP contribution in [-0.4, -0.2) is 61.2 Å². The summed E-state index contributed by atoms with van der Waals surface area (Å²) >= 11 is 0. The standard InChI is InChI=1S/C18H27NO4/c1-17(21,16-4-3-9-19(16)2)14-5-7-15(8-6-14)23-13-18(10-20)11-22-12-18/h5-8,16,20-21H,3-4,9-13H2,1-2H3/t16-,17?/m1/s1. The van der Waals surface area contributed by atoms with E-state index in [4.69, 9.17) is 9.47 Å². The van der Waals surface area contributed by atoms with Gasteiger partial charge < -0.3 is 24.6 Å². The van der Waals surface area contributed by atoms with Crippen LogP contribution < -0.4 is 4.74 Å². The molecule has 2 aliphatic heterocycles. The lowest BCUT2D eigenvalue weighted by Gasteiger charge is -2.39. The first kappa shape index (κ1) is 16.7. The summed E-state index contributed by atoms with van der Waals surface area (Å²) in [7, 11) is 2.07. The first-order valence-electron chi connectivity index (χ1n) is 8.31. The molecule has 0 spiro atoms. The van der Waals surface area contributed by atoms with Crippen LogP contribution in [0.2, 0.25) is 0 Å². The van der Waals surface area contributed by atoms with Crippen LogP contribution in [0, 0.1) is 5.41 Å². The van der Waals surface area contributed by atoms with Crippen LogP contribution in [0.3, 0.4) is 0 Å². The van der Waals surface area contributed by atoms with Crippen molar-refractivity contribution in [1.29, 1.82) is 0 Å². The lowest BCUT2D eigenvalue weighted by atomic mass is 9.86. The van der Waals surface area contributed by atoms with E-state index in [9.17, 15) is 10.2 Å². The zero-order valence-corrected chi connectivity index (χ0v) is 14.0. The minimum absolute atomic E-state index is 0.0772. The molecule has 0 radical (unpaired) electrons. The molecular weight excluding hydrogens is 294 g/mol. The minimum atomic E-state index is -0.863. The summed E-state index contributed by atoms with van der Waals surface area (Å²) < 4.78 is 11.0. The van der Waals surface area contributed by atoms with E-state index >= 15 is 0 Å². The number of rotatable bonds is 6. The van der Waals surface area contributed by atoms with Gasteiger partial charge >= 0.3 is 0 Å². The van der Waals surface area contributed by atoms with Crippen molar-refractivity contribution in [3.8, 4) is 5.75 Å². The van der Waals surface area contributed by atoms with Gasteiger partial charge in [-0.05, 0) is 51.1 Å². The molecule has 1 aromatic carbocycles. The van der Waals surface area contributed by atoms with Crippen molar-refractivity contribution < 1.29 is 19.7 Å². The summed E-state index contributed by atoms with van der Waals surface area (Å²) in [6.07, 6.45) is 2.14. The van der Waals surface area contributed by atoms with Gasteiger partial charge in [0.25, 0.3) is 0 Å². The lowest BCUT2D eigenvalue weighted by Crippen LogP contribution is -2.49. The molecule has 1 unspecified atom stereocenters. The number of aliphatic hydroxyl groups is 2. The Morgan fingerprint density at radius 3 is 2.52 bits per heavy atom. The zero-order valence-electron chi connectivity index (χ0n) is 14.0. The lowest BCUT2D eigenvalue weighted by molar-refractivity contribution is -0.153. The van der Waals surface area contributed by atoms with Crippen LogP contribution >= 0.6 is 0 Å². The molecule has 2 aliphatic rings. The molecule has 1 aromatic rings. The van der Waals surface area contributed by atoms with Gasteiger partial charge in [0.15, 0.2) is 0 Å². The zero-order chi connectivity index (χ0) is 16.5. The molecule has 128 valence electrons. The second-order valence-electron chi connectivity index (χ2n) is 7.25. The van der Waals surface area contributed by atoms with Gasteiger partial charge in [-0.25, -0.2) is 0 Å². The molecule has 0 aromatic heterocycles. The van der Waals surface area contributed by atoms with Crippen molar-refractivity contribution in [2.75, 3.05) is 40.0 Å². The number of benzene rings is 1. The second kappa shape index (κ2) is 6.40. The molecular formula is C18H27NO4. The maximum atomic E-state index is 11.0. The average molecular weight is 321 g/mol. The third-order valence-electron chi connectivity index (χ3n) is 5.30. The molecule has 5 nitrogen and oxygen atoms in total. The van der Waals surface area contributed by atoms with Gasteiger partial charge in [-0.3, -0.25) is 0 Å². The summed E-state index contributed by atoms with van der Waals surface area (Å²) in [5.74, 6) is 0.754. The smallest absolute Gasteiger partial charge is 0.119 e. The van der Waals surface area contributed by atoms with Crippen molar-refractivity contribution in [2.24, 2.45) is 5.41 Å². The Kier molecular flexibility index (Phi) is 4.65. The number of likely N-dealkylation sites (tertiary alicyclic amines) is 1. The highest BCUT2D eigenvalue weighted by molar-refractivity contribution is 5.32. The van der Waals surface area contributed by atoms with Gasteiger partial charge in [0.05, 0.1) is 25.2 Å². The van der Waals surface area contributed by atoms with E-state index in [1.807, 2.05) is 31.2 Å². The van der Waals surface area contributed by atoms with Crippen LogP contribution in [-0.2, 0) is 10.3 Å². The SMILES string of the molecule is CN1CCC[C@@H]1C(C)(O)c1ccc(OCC2(CO)COC2)cc1. The average Bonchev–Trinajstić information content (AvgIpc) is 2.94. The predicted molar refractivity (Wildman–Crippen MR) is 87.5 cm³/mol. The Hall–Kier alpha value is -1.14. The van der Waals surface area contributed by atoms with Crippen molar-refractivity contribution in [2.45, 2.75) is 31.4 Å². The number of hydrogen-bond donors (Lipinski definition) is 2. The van der Waals surface area contributed by atoms with Crippen LogP contribution in [0.4, 0.5) is 0 Å². The van der Waals surface area contributed by atoms with Crippen LogP contribution in [0.1, 0.15) is 25.3 Å². The third-order valence-corrected chi connectivity index (χ3v) is 5.30. The fourth-order valence-corrected chi connectivity index (χ4v) is 3.55. The Balaban J connectivity index is 1.64. The molecule has 23 heavy (non-hydrogen) atoms. The van der Waals surface area contributed by atoms with E-state index in [0.717, 1.165) is 30.7 Å². The molecule has 0 aliphatic carbocycles. The number of ether oxygens (including phenoxy) is 2. The molecule has 2 fully saturated rings. The molecule has 3 rings (SSSR count). The largest absolute Gasteiger partial charge is 0.493 e. The van der Waals surface area contributed by atoms with E-state index in [1.54, 1.807) is 0 Å². The Morgan fingerprint density at radius 1 is 1.35 bits per heavy atom. The minimum Gasteiger partial charge on any atom is -0.493 e. The van der Waals surface area contributed by atoms with Crippen molar-refractivity contribution >= 4 is 0 Å². The maximum Gasteiger partial charge on any atom is 0.119 e. The summed E-state index contributed by atoms with van der Waals surface area (Å²) in [5, 5.41) is 20.4. The van der Waals surface area contributed by atoms with Gasteiger partial charge in [0, 0.05) is 6.04 Å². The van der Waals surface area contributed by atoms with Crippen molar-refractivity contribution in [3.63, 3.8) is 0 Å². The highest BCUT2D eigenvalue weighted by Crippen LogP contribution is 2.34. The van der Waals surface area contributed by atoms with Crippen LogP contribution in [0.25, 0.3) is 0 Å². The predicted octanol–water partition coefficient (Wildman–Crippen LogP) is 1.38. The molecule has 5 heteroatoms. The van der Waals surface area contributed by atoms with E-state index in [2.05, 4.69) is 11.9 Å². The molecule has 0 saturated carbocycles. The Bertz CT molecular complexity index is 519. The van der Waals surface area contributed by atoms with Crippen LogP contribution in [0.5, 0.6) is 5.75 Å². The summed E-state index contributed by atoms with van der Waals surface area (Å²) in [5.41, 5.74) is -0.207. The summed E-state index contributed by atoms with van der Waals surface area (Å²) in [6.45, 7) is 4.54. The topological polar surface area (TPSA) is 62.2 Å². The number of hydrogen-bond acceptors (Lipinski definition) is 5. The molecule has 2 heterocycles. The highest BCUT2D eigenvalue weighted by atomic mass is 16.5. The first-order chi connectivity index (χ1) is 11.0. The van der Waals surface area contributed by atoms with E-state index in [-0.39, 0.29) is 18.1 Å². The van der Waals surface area contributed by atoms with E-state index < -0.39 is 5.60 Å². The quantitative estimate of drug-likeness (QED) is 0.829. The van der Waals surface area contributed by atoms with Gasteiger partial charge in [0.1, 0.15) is 18.0 Å². The maximum absolute atomic E-state index is 11.0. The number of likely N-dealkylation sites (N-methyl/N-ethyl adjacent to an activating group) is 1. The van der Waals surface area contributed by atoms with E-state index in [1.165, 1.54) is 0 Å². The summed E-state index contributed by atoms with van der Waals surface area (Å²) in [4.78, 5) is 2.23. The van der Waals surface area contributed by atoms with Crippen molar-refractivity contribution in [3.05, 3.63) is 29.8 Å². The van der Waals surface area contributed by atoms with Gasteiger partial charge in [-0.1, -0.05) is 12.1 Å². The molecule has 2 N–H and O–H groups in total. The first-order valence-corrected chi connectivity index (χ1v) is 8.31. The van der Waals surface area contributed by atoms with Crippen molar-refractivity contribution in [1.82, 2.24) is 4.90 Å². The van der Waals surface area contributed by atoms with Gasteiger partial charge in [-0.15, -0.1) is 0 Å². The van der Waals surface area contributed by atoms with Gasteiger partial charge in [0.2, 0.25) is 0 Å². The Labute approximate surface area is 137 Å². The molecule has 2 atom stereocenters. The fraction of sp³-hybridized carbons (Fsp3) is 0.667. The van der Waals surface area contributed by atoms with Crippen LogP contribution in [0.15, 0.2) is 24.3 Å². The van der Waals surface area contributed by atoms with E-state index in [0.29, 0.717) is 19.8 Å². The molecule has 0 amide bonds. The molecule has 2 saturated heterocycles. The normalized spacial score (nSPS) is 26.5. The molecule has 0 bridgehead atoms. The number of aliphatic hydroxyl groups excluding tert-OH is 1. The summed E-state index contributed by atoms with van der Waals surface area (Å²) in [6, 6.07) is 7.81. The highest BCUT2D eigenvalue weighted by Gasteiger charge is 2.40. The third kappa shape index (κ3) is 3.24. The monoisotopic (exact) mass is 321 g/mol. The number of nitrogens with zero attached hydrogens (tertiary/aromatic N) is 1. The second-order valence-corrected chi connectivity index (χ2v) is 7.25. The van der Waals surface area contributed by atoms with Gasteiger partial charge in [-0.2, -0.15) is 0 Å². The fourth-order valence-electron chi connectivity index (χ4n) is 3.55.